The molecule has 4 rings (SSSR count). The van der Waals surface area contributed by atoms with Crippen molar-refractivity contribution < 1.29 is 0 Å². The molecule has 1 aliphatic heterocycles. The zero-order valence-electron chi connectivity index (χ0n) is 14.9. The van der Waals surface area contributed by atoms with Gasteiger partial charge in [-0.1, -0.05) is 18.2 Å². The van der Waals surface area contributed by atoms with Crippen LogP contribution in [0, 0.1) is 11.3 Å². The molecule has 3 heterocycles. The van der Waals surface area contributed by atoms with Crippen molar-refractivity contribution in [2.75, 3.05) is 18.0 Å². The first-order valence-electron chi connectivity index (χ1n) is 8.98. The lowest BCUT2D eigenvalue weighted by atomic mass is 10.1. The molecular weight excluding hydrogens is 326 g/mol. The van der Waals surface area contributed by atoms with E-state index in [1.54, 1.807) is 28.4 Å². The van der Waals surface area contributed by atoms with E-state index in [0.29, 0.717) is 17.8 Å². The van der Waals surface area contributed by atoms with Gasteiger partial charge in [-0.15, -0.1) is 0 Å². The summed E-state index contributed by atoms with van der Waals surface area (Å²) < 4.78 is 3.35. The quantitative estimate of drug-likeness (QED) is 0.730. The summed E-state index contributed by atoms with van der Waals surface area (Å²) in [6.07, 6.45) is 5.36. The van der Waals surface area contributed by atoms with Crippen LogP contribution >= 0.6 is 0 Å². The standard InChI is InChI=1S/C20H21N5O/c1-23-19-18(17(9-10-22-19)24-11-5-2-6-12-24)25(20(23)26)14-16-8-4-3-7-15(16)13-21/h3-4,7-10H,2,5-6,11-12,14H2,1H3. The van der Waals surface area contributed by atoms with Crippen LogP contribution in [0.2, 0.25) is 0 Å². The number of hydrogen-bond acceptors (Lipinski definition) is 4. The maximum atomic E-state index is 12.9. The third kappa shape index (κ3) is 2.66. The second-order valence-corrected chi connectivity index (χ2v) is 6.75. The molecule has 0 atom stereocenters. The molecule has 1 aliphatic rings. The number of fused-ring (bicyclic) bond motifs is 1. The Bertz CT molecular complexity index is 1050. The third-order valence-electron chi connectivity index (χ3n) is 5.15. The fraction of sp³-hybridized carbons (Fsp3) is 0.350. The van der Waals surface area contributed by atoms with Gasteiger partial charge in [-0.05, 0) is 37.0 Å². The second-order valence-electron chi connectivity index (χ2n) is 6.75. The molecular formula is C20H21N5O. The van der Waals surface area contributed by atoms with Gasteiger partial charge < -0.3 is 4.90 Å². The van der Waals surface area contributed by atoms with Gasteiger partial charge in [0, 0.05) is 26.3 Å². The zero-order chi connectivity index (χ0) is 18.1. The predicted octanol–water partition coefficient (Wildman–Crippen LogP) is 2.65. The molecule has 132 valence electrons. The Balaban J connectivity index is 1.90. The average molecular weight is 347 g/mol. The van der Waals surface area contributed by atoms with E-state index in [-0.39, 0.29) is 5.69 Å². The van der Waals surface area contributed by atoms with E-state index in [0.717, 1.165) is 42.7 Å². The summed E-state index contributed by atoms with van der Waals surface area (Å²) in [5.41, 5.74) is 3.94. The molecule has 1 saturated heterocycles. The van der Waals surface area contributed by atoms with Gasteiger partial charge in [0.25, 0.3) is 0 Å². The number of benzene rings is 1. The molecule has 0 bridgehead atoms. The summed E-state index contributed by atoms with van der Waals surface area (Å²) >= 11 is 0. The Morgan fingerprint density at radius 1 is 1.15 bits per heavy atom. The smallest absolute Gasteiger partial charge is 0.330 e. The van der Waals surface area contributed by atoms with Crippen molar-refractivity contribution in [3.63, 3.8) is 0 Å². The van der Waals surface area contributed by atoms with E-state index in [4.69, 9.17) is 0 Å². The highest BCUT2D eigenvalue weighted by molar-refractivity contribution is 5.87. The van der Waals surface area contributed by atoms with E-state index in [2.05, 4.69) is 16.0 Å². The Kier molecular flexibility index (Phi) is 4.21. The molecule has 6 heteroatoms. The summed E-state index contributed by atoms with van der Waals surface area (Å²) in [4.78, 5) is 19.7. The number of pyridine rings is 1. The van der Waals surface area contributed by atoms with Crippen molar-refractivity contribution in [1.82, 2.24) is 14.1 Å². The number of imidazole rings is 1. The Morgan fingerprint density at radius 2 is 1.92 bits per heavy atom. The van der Waals surface area contributed by atoms with Crippen LogP contribution in [-0.4, -0.2) is 27.2 Å². The summed E-state index contributed by atoms with van der Waals surface area (Å²) in [6.45, 7) is 2.36. The summed E-state index contributed by atoms with van der Waals surface area (Å²) in [5.74, 6) is 0. The van der Waals surface area contributed by atoms with E-state index >= 15 is 0 Å². The number of hydrogen-bond donors (Lipinski definition) is 0. The van der Waals surface area contributed by atoms with Crippen LogP contribution in [0.25, 0.3) is 11.2 Å². The minimum Gasteiger partial charge on any atom is -0.370 e. The summed E-state index contributed by atoms with van der Waals surface area (Å²) in [6, 6.07) is 11.7. The maximum Gasteiger partial charge on any atom is 0.330 e. The van der Waals surface area contributed by atoms with Crippen molar-refractivity contribution >= 4 is 16.9 Å². The Hall–Kier alpha value is -3.07. The number of rotatable bonds is 3. The van der Waals surface area contributed by atoms with Gasteiger partial charge in [0.15, 0.2) is 5.65 Å². The highest BCUT2D eigenvalue weighted by Crippen LogP contribution is 2.28. The monoisotopic (exact) mass is 347 g/mol. The van der Waals surface area contributed by atoms with E-state index in [1.807, 2.05) is 24.3 Å². The minimum absolute atomic E-state index is 0.107. The minimum atomic E-state index is -0.107. The third-order valence-corrected chi connectivity index (χ3v) is 5.15. The van der Waals surface area contributed by atoms with Crippen LogP contribution in [0.5, 0.6) is 0 Å². The van der Waals surface area contributed by atoms with Crippen molar-refractivity contribution in [2.24, 2.45) is 7.05 Å². The molecule has 0 aliphatic carbocycles. The van der Waals surface area contributed by atoms with Crippen LogP contribution in [0.4, 0.5) is 5.69 Å². The van der Waals surface area contributed by atoms with Crippen LogP contribution in [0.1, 0.15) is 30.4 Å². The molecule has 0 N–H and O–H groups in total. The first-order chi connectivity index (χ1) is 12.7. The summed E-state index contributed by atoms with van der Waals surface area (Å²) in [7, 11) is 1.75. The lowest BCUT2D eigenvalue weighted by molar-refractivity contribution is 0.578. The molecule has 0 radical (unpaired) electrons. The van der Waals surface area contributed by atoms with Gasteiger partial charge in [-0.3, -0.25) is 9.13 Å². The maximum absolute atomic E-state index is 12.9. The van der Waals surface area contributed by atoms with E-state index < -0.39 is 0 Å². The van der Waals surface area contributed by atoms with Crippen molar-refractivity contribution in [3.05, 3.63) is 58.1 Å². The Morgan fingerprint density at radius 3 is 2.69 bits per heavy atom. The largest absolute Gasteiger partial charge is 0.370 e. The number of anilines is 1. The van der Waals surface area contributed by atoms with E-state index in [1.165, 1.54) is 6.42 Å². The molecule has 3 aromatic rings. The number of aryl methyl sites for hydroxylation is 1. The van der Waals surface area contributed by atoms with Gasteiger partial charge in [0.1, 0.15) is 5.52 Å². The van der Waals surface area contributed by atoms with Crippen LogP contribution in [0.3, 0.4) is 0 Å². The molecule has 0 amide bonds. The number of aromatic nitrogens is 3. The molecule has 1 aromatic carbocycles. The van der Waals surface area contributed by atoms with Crippen LogP contribution < -0.4 is 10.6 Å². The second kappa shape index (κ2) is 6.68. The molecule has 1 fully saturated rings. The van der Waals surface area contributed by atoms with Gasteiger partial charge in [0.2, 0.25) is 0 Å². The molecule has 0 saturated carbocycles. The first-order valence-corrected chi connectivity index (χ1v) is 8.98. The van der Waals surface area contributed by atoms with Gasteiger partial charge in [-0.2, -0.15) is 5.26 Å². The normalized spacial score (nSPS) is 14.5. The number of piperidine rings is 1. The van der Waals surface area contributed by atoms with Gasteiger partial charge in [-0.25, -0.2) is 9.78 Å². The fourth-order valence-corrected chi connectivity index (χ4v) is 3.78. The lowest BCUT2D eigenvalue weighted by Gasteiger charge is -2.29. The topological polar surface area (TPSA) is 66.8 Å². The molecule has 0 spiro atoms. The van der Waals surface area contributed by atoms with Crippen molar-refractivity contribution in [1.29, 1.82) is 5.26 Å². The molecule has 26 heavy (non-hydrogen) atoms. The van der Waals surface area contributed by atoms with Crippen LogP contribution in [-0.2, 0) is 13.6 Å². The fourth-order valence-electron chi connectivity index (χ4n) is 3.78. The molecule has 6 nitrogen and oxygen atoms in total. The highest BCUT2D eigenvalue weighted by Gasteiger charge is 2.21. The van der Waals surface area contributed by atoms with Crippen molar-refractivity contribution in [3.8, 4) is 6.07 Å². The lowest BCUT2D eigenvalue weighted by Crippen LogP contribution is -2.30. The SMILES string of the molecule is Cn1c(=O)n(Cc2ccccc2C#N)c2c(N3CCCCC3)ccnc21. The highest BCUT2D eigenvalue weighted by atomic mass is 16.1. The Labute approximate surface area is 151 Å². The number of nitriles is 1. The predicted molar refractivity (Wildman–Crippen MR) is 101 cm³/mol. The van der Waals surface area contributed by atoms with Crippen molar-refractivity contribution in [2.45, 2.75) is 25.8 Å². The van der Waals surface area contributed by atoms with Crippen LogP contribution in [0.15, 0.2) is 41.3 Å². The first kappa shape index (κ1) is 16.4. The average Bonchev–Trinajstić information content (AvgIpc) is 2.94. The zero-order valence-corrected chi connectivity index (χ0v) is 14.9. The molecule has 0 unspecified atom stereocenters. The van der Waals surface area contributed by atoms with E-state index in [9.17, 15) is 10.1 Å². The number of nitrogens with zero attached hydrogens (tertiary/aromatic N) is 5. The van der Waals surface area contributed by atoms with Gasteiger partial charge >= 0.3 is 5.69 Å². The molecule has 2 aromatic heterocycles. The summed E-state index contributed by atoms with van der Waals surface area (Å²) in [5, 5.41) is 9.38. The van der Waals surface area contributed by atoms with Gasteiger partial charge in [0.05, 0.1) is 23.9 Å².